The van der Waals surface area contributed by atoms with Crippen molar-refractivity contribution in [2.24, 2.45) is 5.92 Å². The quantitative estimate of drug-likeness (QED) is 0.227. The molecule has 0 unspecified atom stereocenters. The number of β-lactam (4-membered cyclic amide) rings is 1. The van der Waals surface area contributed by atoms with Gasteiger partial charge in [0, 0.05) is 5.69 Å². The number of amides is 1. The van der Waals surface area contributed by atoms with Crippen LogP contribution in [0, 0.1) is 17.6 Å². The van der Waals surface area contributed by atoms with Gasteiger partial charge in [0.15, 0.2) is 0 Å². The van der Waals surface area contributed by atoms with Crippen molar-refractivity contribution < 1.29 is 43.8 Å². The van der Waals surface area contributed by atoms with E-state index in [1.165, 1.54) is 36.4 Å². The Morgan fingerprint density at radius 3 is 2.07 bits per heavy atom. The summed E-state index contributed by atoms with van der Waals surface area (Å²) < 4.78 is 32.4. The molecule has 0 bridgehead atoms. The average Bonchev–Trinajstić information content (AvgIpc) is 3.01. The zero-order valence-corrected chi connectivity index (χ0v) is 23.3. The van der Waals surface area contributed by atoms with Crippen LogP contribution >= 0.6 is 0 Å². The highest BCUT2D eigenvalue weighted by Crippen LogP contribution is 2.46. The molecule has 5 rings (SSSR count). The van der Waals surface area contributed by atoms with Gasteiger partial charge in [-0.25, -0.2) is 8.78 Å². The van der Waals surface area contributed by atoms with Crippen molar-refractivity contribution in [2.45, 2.75) is 61.9 Å². The van der Waals surface area contributed by atoms with Gasteiger partial charge in [-0.05, 0) is 72.4 Å². The molecule has 2 heterocycles. The van der Waals surface area contributed by atoms with Crippen LogP contribution < -0.4 is 4.90 Å². The minimum atomic E-state index is -1.43. The first kappa shape index (κ1) is 30.9. The van der Waals surface area contributed by atoms with Crippen LogP contribution in [0.25, 0.3) is 6.08 Å². The van der Waals surface area contributed by atoms with Gasteiger partial charge in [-0.2, -0.15) is 0 Å². The van der Waals surface area contributed by atoms with E-state index in [1.54, 1.807) is 23.1 Å². The molecule has 228 valence electrons. The number of ether oxygens (including phenoxy) is 1. The first-order valence-electron chi connectivity index (χ1n) is 14.3. The van der Waals surface area contributed by atoms with Gasteiger partial charge in [-0.15, -0.1) is 0 Å². The molecule has 0 radical (unpaired) electrons. The predicted octanol–water partition coefficient (Wildman–Crippen LogP) is 3.43. The monoisotopic (exact) mass is 595 g/mol. The van der Waals surface area contributed by atoms with E-state index in [0.717, 1.165) is 11.1 Å². The topological polar surface area (TPSA) is 131 Å². The van der Waals surface area contributed by atoms with Gasteiger partial charge in [0.1, 0.15) is 36.1 Å². The number of halogens is 2. The molecule has 0 saturated carbocycles. The molecule has 2 aliphatic rings. The summed E-state index contributed by atoms with van der Waals surface area (Å²) in [6.07, 6.45) is -2.27. The van der Waals surface area contributed by atoms with E-state index in [0.29, 0.717) is 24.1 Å². The average molecular weight is 596 g/mol. The molecule has 2 fully saturated rings. The minimum absolute atomic E-state index is 0.133. The van der Waals surface area contributed by atoms with E-state index in [9.17, 15) is 39.1 Å². The van der Waals surface area contributed by atoms with Crippen LogP contribution in [0.3, 0.4) is 0 Å². The Morgan fingerprint density at radius 2 is 1.44 bits per heavy atom. The highest BCUT2D eigenvalue weighted by molar-refractivity contribution is 6.03. The summed E-state index contributed by atoms with van der Waals surface area (Å²) in [5, 5.41) is 50.2. The largest absolute Gasteiger partial charge is 0.394 e. The van der Waals surface area contributed by atoms with Crippen molar-refractivity contribution in [1.29, 1.82) is 0 Å². The van der Waals surface area contributed by atoms with E-state index in [4.69, 9.17) is 4.74 Å². The van der Waals surface area contributed by atoms with E-state index in [-0.39, 0.29) is 18.4 Å². The summed E-state index contributed by atoms with van der Waals surface area (Å²) in [4.78, 5) is 14.9. The summed E-state index contributed by atoms with van der Waals surface area (Å²) in [6, 6.07) is 18.5. The van der Waals surface area contributed by atoms with Crippen molar-refractivity contribution in [3.8, 4) is 0 Å². The lowest BCUT2D eigenvalue weighted by atomic mass is 9.78. The second kappa shape index (κ2) is 13.4. The zero-order valence-electron chi connectivity index (χ0n) is 23.3. The number of hydrogen-bond acceptors (Lipinski definition) is 7. The molecule has 5 N–H and O–H groups in total. The van der Waals surface area contributed by atoms with Gasteiger partial charge in [-0.3, -0.25) is 4.79 Å². The number of carbonyl (C=O) groups is 1. The third-order valence-electron chi connectivity index (χ3n) is 8.27. The number of nitrogens with zero attached hydrogens (tertiary/aromatic N) is 1. The lowest BCUT2D eigenvalue weighted by molar-refractivity contribution is -0.227. The molecule has 43 heavy (non-hydrogen) atoms. The smallest absolute Gasteiger partial charge is 0.233 e. The first-order chi connectivity index (χ1) is 20.7. The van der Waals surface area contributed by atoms with E-state index >= 15 is 0 Å². The van der Waals surface area contributed by atoms with Crippen molar-refractivity contribution in [1.82, 2.24) is 0 Å². The van der Waals surface area contributed by atoms with E-state index in [2.05, 4.69) is 0 Å². The SMILES string of the molecule is O=C1[C@H](CC[C@H](O)c2ccc(F)cc2)[C@@H](c2ccc(/C=C/C[C@@H]3O[C@H](CO)[C@@H](O)[C@H](O)[C@H]3O)cc2)N1c1ccc(F)cc1. The highest BCUT2D eigenvalue weighted by Gasteiger charge is 2.48. The number of aliphatic hydroxyl groups excluding tert-OH is 5. The lowest BCUT2D eigenvalue weighted by Crippen LogP contribution is -2.58. The molecule has 2 saturated heterocycles. The van der Waals surface area contributed by atoms with Crippen LogP contribution in [-0.2, 0) is 9.53 Å². The fourth-order valence-corrected chi connectivity index (χ4v) is 5.81. The van der Waals surface area contributed by atoms with Crippen LogP contribution in [0.4, 0.5) is 14.5 Å². The summed E-state index contributed by atoms with van der Waals surface area (Å²) >= 11 is 0. The third-order valence-corrected chi connectivity index (χ3v) is 8.27. The van der Waals surface area contributed by atoms with Crippen LogP contribution in [0.2, 0.25) is 0 Å². The standard InChI is InChI=1S/C33H35F2NO7/c34-22-10-8-20(9-11-22)26(38)17-16-25-29(36(33(25)42)24-14-12-23(35)13-15-24)21-6-4-19(5-7-21)2-1-3-27-30(39)32(41)31(40)28(18-37)43-27/h1-2,4-15,25-32,37-41H,3,16-18H2/b2-1+/t25-,26+,27+,28-,29-,30+,31-,32-/m1/s1. The fourth-order valence-electron chi connectivity index (χ4n) is 5.81. The number of benzene rings is 3. The number of hydrogen-bond donors (Lipinski definition) is 5. The number of aliphatic hydroxyl groups is 5. The van der Waals surface area contributed by atoms with Crippen molar-refractivity contribution in [3.05, 3.63) is 107 Å². The van der Waals surface area contributed by atoms with Gasteiger partial charge in [0.25, 0.3) is 0 Å². The summed E-state index contributed by atoms with van der Waals surface area (Å²) in [5.74, 6) is -1.36. The van der Waals surface area contributed by atoms with Gasteiger partial charge >= 0.3 is 0 Å². The predicted molar refractivity (Wildman–Crippen MR) is 155 cm³/mol. The molecule has 2 aliphatic heterocycles. The maximum Gasteiger partial charge on any atom is 0.233 e. The van der Waals surface area contributed by atoms with Crippen molar-refractivity contribution in [3.63, 3.8) is 0 Å². The van der Waals surface area contributed by atoms with Crippen molar-refractivity contribution >= 4 is 17.7 Å². The Hall–Kier alpha value is -3.51. The summed E-state index contributed by atoms with van der Waals surface area (Å²) in [6.45, 7) is -0.489. The Labute approximate surface area is 248 Å². The molecule has 3 aromatic rings. The fraction of sp³-hybridized carbons (Fsp3) is 0.364. The van der Waals surface area contributed by atoms with Gasteiger partial charge in [0.2, 0.25) is 5.91 Å². The Kier molecular flexibility index (Phi) is 9.65. The molecular formula is C33H35F2NO7. The third kappa shape index (κ3) is 6.70. The molecule has 0 aliphatic carbocycles. The van der Waals surface area contributed by atoms with Gasteiger partial charge < -0.3 is 35.2 Å². The van der Waals surface area contributed by atoms with Crippen LogP contribution in [0.15, 0.2) is 78.9 Å². The normalized spacial score (nSPS) is 28.2. The van der Waals surface area contributed by atoms with E-state index in [1.807, 2.05) is 30.3 Å². The zero-order chi connectivity index (χ0) is 30.7. The Bertz CT molecular complexity index is 1400. The molecule has 1 amide bonds. The number of carbonyl (C=O) groups excluding carboxylic acids is 1. The Morgan fingerprint density at radius 1 is 0.837 bits per heavy atom. The summed E-state index contributed by atoms with van der Waals surface area (Å²) in [7, 11) is 0. The van der Waals surface area contributed by atoms with Crippen LogP contribution in [-0.4, -0.2) is 68.6 Å². The molecule has 3 aromatic carbocycles. The molecule has 8 atom stereocenters. The van der Waals surface area contributed by atoms with Crippen LogP contribution in [0.5, 0.6) is 0 Å². The second-order valence-electron chi connectivity index (χ2n) is 11.1. The lowest BCUT2D eigenvalue weighted by Gasteiger charge is -2.48. The number of anilines is 1. The van der Waals surface area contributed by atoms with Crippen molar-refractivity contribution in [2.75, 3.05) is 11.5 Å². The van der Waals surface area contributed by atoms with E-state index < -0.39 is 60.8 Å². The molecule has 0 spiro atoms. The molecule has 8 nitrogen and oxygen atoms in total. The van der Waals surface area contributed by atoms with Gasteiger partial charge in [-0.1, -0.05) is 48.6 Å². The molecule has 0 aromatic heterocycles. The van der Waals surface area contributed by atoms with Gasteiger partial charge in [0.05, 0.1) is 30.8 Å². The second-order valence-corrected chi connectivity index (χ2v) is 11.1. The highest BCUT2D eigenvalue weighted by atomic mass is 19.1. The first-order valence-corrected chi connectivity index (χ1v) is 14.3. The maximum atomic E-state index is 13.6. The van der Waals surface area contributed by atoms with Crippen LogP contribution in [0.1, 0.15) is 48.1 Å². The summed E-state index contributed by atoms with van der Waals surface area (Å²) in [5.41, 5.74) is 2.82. The minimum Gasteiger partial charge on any atom is -0.394 e. The molecule has 10 heteroatoms. The maximum absolute atomic E-state index is 13.6. The molecular weight excluding hydrogens is 560 g/mol. The Balaban J connectivity index is 1.29. The number of rotatable bonds is 10.